The van der Waals surface area contributed by atoms with Crippen LogP contribution in [0.5, 0.6) is 0 Å². The summed E-state index contributed by atoms with van der Waals surface area (Å²) in [6.45, 7) is 8.20. The number of aliphatic hydroxyl groups excluding tert-OH is 1. The molecule has 95 valence electrons. The molecule has 0 spiro atoms. The molecule has 1 saturated heterocycles. The van der Waals surface area contributed by atoms with Gasteiger partial charge in [0.2, 0.25) is 0 Å². The van der Waals surface area contributed by atoms with Crippen molar-refractivity contribution in [1.82, 2.24) is 4.90 Å². The first-order valence-electron chi connectivity index (χ1n) is 6.54. The molecule has 1 heterocycles. The molecule has 0 aliphatic carbocycles. The van der Waals surface area contributed by atoms with Gasteiger partial charge >= 0.3 is 0 Å². The summed E-state index contributed by atoms with van der Waals surface area (Å²) in [6, 6.07) is 0. The van der Waals surface area contributed by atoms with Crippen molar-refractivity contribution in [2.45, 2.75) is 57.2 Å². The maximum atomic E-state index is 10.3. The van der Waals surface area contributed by atoms with Crippen molar-refractivity contribution in [3.63, 3.8) is 0 Å². The summed E-state index contributed by atoms with van der Waals surface area (Å²) in [5, 5.41) is 20.2. The standard InChI is InChI=1S/C13H26NO2/c1-3-5-7-9-14-10-12(15)13(16,11-14)8-6-4-2/h12,15-16H,2-11H2,1H3. The molecular formula is C13H26NO2. The van der Waals surface area contributed by atoms with Gasteiger partial charge in [-0.2, -0.15) is 0 Å². The van der Waals surface area contributed by atoms with E-state index < -0.39 is 11.7 Å². The monoisotopic (exact) mass is 228 g/mol. The molecule has 3 nitrogen and oxygen atoms in total. The van der Waals surface area contributed by atoms with Gasteiger partial charge in [-0.1, -0.05) is 39.5 Å². The molecule has 2 N–H and O–H groups in total. The van der Waals surface area contributed by atoms with Crippen molar-refractivity contribution < 1.29 is 10.2 Å². The van der Waals surface area contributed by atoms with E-state index in [2.05, 4.69) is 18.7 Å². The number of hydrogen-bond donors (Lipinski definition) is 2. The molecule has 2 unspecified atom stereocenters. The fraction of sp³-hybridized carbons (Fsp3) is 0.923. The molecule has 2 atom stereocenters. The summed E-state index contributed by atoms with van der Waals surface area (Å²) < 4.78 is 0. The molecule has 16 heavy (non-hydrogen) atoms. The Hall–Kier alpha value is -0.120. The van der Waals surface area contributed by atoms with Gasteiger partial charge < -0.3 is 10.2 Å². The molecule has 1 rings (SSSR count). The second-order valence-corrected chi connectivity index (χ2v) is 5.02. The summed E-state index contributed by atoms with van der Waals surface area (Å²) in [6.07, 6.45) is 5.39. The zero-order chi connectivity index (χ0) is 12.0. The van der Waals surface area contributed by atoms with Crippen LogP contribution in [0.15, 0.2) is 0 Å². The van der Waals surface area contributed by atoms with Crippen LogP contribution in [-0.4, -0.2) is 46.5 Å². The van der Waals surface area contributed by atoms with Crippen LogP contribution < -0.4 is 0 Å². The SMILES string of the molecule is [CH2]CCCC1(O)CN(CCCCC)CC1O. The average molecular weight is 228 g/mol. The van der Waals surface area contributed by atoms with E-state index in [4.69, 9.17) is 0 Å². The molecule has 1 fully saturated rings. The second kappa shape index (κ2) is 6.58. The molecule has 1 aliphatic heterocycles. The number of rotatable bonds is 7. The number of likely N-dealkylation sites (tertiary alicyclic amines) is 1. The molecular weight excluding hydrogens is 202 g/mol. The Kier molecular flexibility index (Phi) is 5.73. The van der Waals surface area contributed by atoms with Crippen LogP contribution in [0.2, 0.25) is 0 Å². The molecule has 0 aromatic heterocycles. The number of β-amino-alcohol motifs (C(OH)–C–C–N with tert-alkyl or cyclic N) is 2. The molecule has 3 heteroatoms. The zero-order valence-corrected chi connectivity index (χ0v) is 10.5. The Balaban J connectivity index is 2.33. The Bertz CT molecular complexity index is 198. The summed E-state index contributed by atoms with van der Waals surface area (Å²) >= 11 is 0. The third-order valence-corrected chi connectivity index (χ3v) is 3.49. The maximum absolute atomic E-state index is 10.3. The largest absolute Gasteiger partial charge is 0.389 e. The molecule has 0 aromatic rings. The number of nitrogens with zero attached hydrogens (tertiary/aromatic N) is 1. The maximum Gasteiger partial charge on any atom is 0.104 e. The van der Waals surface area contributed by atoms with Crippen LogP contribution in [0.3, 0.4) is 0 Å². The summed E-state index contributed by atoms with van der Waals surface area (Å²) in [7, 11) is 0. The van der Waals surface area contributed by atoms with E-state index >= 15 is 0 Å². The smallest absolute Gasteiger partial charge is 0.104 e. The lowest BCUT2D eigenvalue weighted by Crippen LogP contribution is -2.41. The normalized spacial score (nSPS) is 31.1. The van der Waals surface area contributed by atoms with Gasteiger partial charge in [0.1, 0.15) is 5.60 Å². The number of unbranched alkanes of at least 4 members (excludes halogenated alkanes) is 3. The summed E-state index contributed by atoms with van der Waals surface area (Å²) in [5.74, 6) is 0. The van der Waals surface area contributed by atoms with Gasteiger partial charge in [-0.15, -0.1) is 0 Å². The molecule has 0 saturated carbocycles. The van der Waals surface area contributed by atoms with Crippen LogP contribution >= 0.6 is 0 Å². The molecule has 1 radical (unpaired) electrons. The highest BCUT2D eigenvalue weighted by Crippen LogP contribution is 2.27. The topological polar surface area (TPSA) is 43.7 Å². The van der Waals surface area contributed by atoms with Crippen molar-refractivity contribution >= 4 is 0 Å². The highest BCUT2D eigenvalue weighted by Gasteiger charge is 2.43. The van der Waals surface area contributed by atoms with E-state index in [1.165, 1.54) is 12.8 Å². The fourth-order valence-electron chi connectivity index (χ4n) is 2.40. The predicted molar refractivity (Wildman–Crippen MR) is 66.1 cm³/mol. The van der Waals surface area contributed by atoms with E-state index in [-0.39, 0.29) is 0 Å². The van der Waals surface area contributed by atoms with Crippen molar-refractivity contribution in [3.05, 3.63) is 6.92 Å². The Labute approximate surface area is 99.5 Å². The second-order valence-electron chi connectivity index (χ2n) is 5.02. The summed E-state index contributed by atoms with van der Waals surface area (Å²) in [5.41, 5.74) is -0.885. The first-order valence-corrected chi connectivity index (χ1v) is 6.54. The van der Waals surface area contributed by atoms with Crippen LogP contribution in [-0.2, 0) is 0 Å². The van der Waals surface area contributed by atoms with Gasteiger partial charge in [-0.25, -0.2) is 0 Å². The van der Waals surface area contributed by atoms with E-state index in [0.29, 0.717) is 19.5 Å². The Morgan fingerprint density at radius 3 is 2.75 bits per heavy atom. The van der Waals surface area contributed by atoms with Crippen LogP contribution in [0.1, 0.15) is 45.4 Å². The Morgan fingerprint density at radius 2 is 2.12 bits per heavy atom. The Morgan fingerprint density at radius 1 is 1.38 bits per heavy atom. The number of aliphatic hydroxyl groups is 2. The third kappa shape index (κ3) is 3.72. The van der Waals surface area contributed by atoms with E-state index in [0.717, 1.165) is 25.8 Å². The first kappa shape index (κ1) is 13.9. The van der Waals surface area contributed by atoms with Gasteiger partial charge in [-0.3, -0.25) is 4.90 Å². The number of hydrogen-bond acceptors (Lipinski definition) is 3. The van der Waals surface area contributed by atoms with Crippen molar-refractivity contribution in [3.8, 4) is 0 Å². The first-order chi connectivity index (χ1) is 7.62. The molecule has 0 bridgehead atoms. The molecule has 0 aromatic carbocycles. The fourth-order valence-corrected chi connectivity index (χ4v) is 2.40. The third-order valence-electron chi connectivity index (χ3n) is 3.49. The molecule has 1 aliphatic rings. The lowest BCUT2D eigenvalue weighted by atomic mass is 9.94. The van der Waals surface area contributed by atoms with Crippen molar-refractivity contribution in [1.29, 1.82) is 0 Å². The van der Waals surface area contributed by atoms with Gasteiger partial charge in [0, 0.05) is 13.1 Å². The molecule has 0 amide bonds. The average Bonchev–Trinajstić information content (AvgIpc) is 2.53. The lowest BCUT2D eigenvalue weighted by molar-refractivity contribution is -0.0472. The van der Waals surface area contributed by atoms with Gasteiger partial charge in [0.05, 0.1) is 6.10 Å². The minimum Gasteiger partial charge on any atom is -0.389 e. The lowest BCUT2D eigenvalue weighted by Gasteiger charge is -2.25. The van der Waals surface area contributed by atoms with Gasteiger partial charge in [-0.05, 0) is 19.4 Å². The van der Waals surface area contributed by atoms with Crippen LogP contribution in [0.4, 0.5) is 0 Å². The minimum absolute atomic E-state index is 0.583. The highest BCUT2D eigenvalue weighted by atomic mass is 16.3. The zero-order valence-electron chi connectivity index (χ0n) is 10.5. The van der Waals surface area contributed by atoms with Crippen LogP contribution in [0, 0.1) is 6.92 Å². The van der Waals surface area contributed by atoms with E-state index in [1.54, 1.807) is 0 Å². The van der Waals surface area contributed by atoms with Crippen molar-refractivity contribution in [2.75, 3.05) is 19.6 Å². The van der Waals surface area contributed by atoms with E-state index in [9.17, 15) is 10.2 Å². The van der Waals surface area contributed by atoms with Crippen LogP contribution in [0.25, 0.3) is 0 Å². The predicted octanol–water partition coefficient (Wildman–Crippen LogP) is 1.59. The summed E-state index contributed by atoms with van der Waals surface area (Å²) in [4.78, 5) is 2.18. The van der Waals surface area contributed by atoms with Crippen molar-refractivity contribution in [2.24, 2.45) is 0 Å². The van der Waals surface area contributed by atoms with Gasteiger partial charge in [0.25, 0.3) is 0 Å². The minimum atomic E-state index is -0.885. The highest BCUT2D eigenvalue weighted by molar-refractivity contribution is 4.97. The quantitative estimate of drug-likeness (QED) is 0.650. The van der Waals surface area contributed by atoms with Gasteiger partial charge in [0.15, 0.2) is 0 Å². The van der Waals surface area contributed by atoms with E-state index in [1.807, 2.05) is 0 Å².